The van der Waals surface area contributed by atoms with E-state index in [1.807, 2.05) is 0 Å². The van der Waals surface area contributed by atoms with Gasteiger partial charge in [0.05, 0.1) is 12.9 Å². The highest BCUT2D eigenvalue weighted by Crippen LogP contribution is 2.32. The van der Waals surface area contributed by atoms with Crippen molar-refractivity contribution in [2.75, 3.05) is 12.3 Å². The summed E-state index contributed by atoms with van der Waals surface area (Å²) in [4.78, 5) is 22.2. The first kappa shape index (κ1) is 15.3. The minimum Gasteiger partial charge on any atom is -0.436 e. The molecule has 2 aromatic heterocycles. The number of anilines is 1. The van der Waals surface area contributed by atoms with Crippen LogP contribution in [0.15, 0.2) is 11.1 Å². The molecule has 1 aliphatic heterocycles. The lowest BCUT2D eigenvalue weighted by molar-refractivity contribution is -0.0510. The minimum atomic E-state index is -1.11. The van der Waals surface area contributed by atoms with Crippen molar-refractivity contribution in [3.63, 3.8) is 0 Å². The fourth-order valence-corrected chi connectivity index (χ4v) is 2.48. The number of aliphatic hydroxyl groups excluding tert-OH is 2. The molecule has 4 atom stereocenters. The molecule has 10 nitrogen and oxygen atoms in total. The molecule has 3 heterocycles. The van der Waals surface area contributed by atoms with Gasteiger partial charge >= 0.3 is 0 Å². The lowest BCUT2D eigenvalue weighted by atomic mass is 10.1. The summed E-state index contributed by atoms with van der Waals surface area (Å²) < 4.78 is 12.3. The van der Waals surface area contributed by atoms with Gasteiger partial charge in [0.1, 0.15) is 18.3 Å². The van der Waals surface area contributed by atoms with Crippen LogP contribution in [-0.4, -0.2) is 54.7 Å². The maximum atomic E-state index is 11.8. The Morgan fingerprint density at radius 3 is 3.09 bits per heavy atom. The standard InChI is InChI=1S/C13H15N5O5/c1-2-3-22-9-8(20)6(4-19)23-12(9)18-5-15-7-10(18)16-13(14)17-11(7)21/h5-6,8-9,12,19-20H,4H2,1H3,(H3,14,16,17,21)/t6-,8-,9-,12-/m1/s1. The number of nitrogens with one attached hydrogen (secondary N) is 1. The highest BCUT2D eigenvalue weighted by atomic mass is 16.6. The first-order valence-electron chi connectivity index (χ1n) is 6.81. The molecule has 3 rings (SSSR count). The molecule has 1 aliphatic rings. The highest BCUT2D eigenvalue weighted by molar-refractivity contribution is 5.70. The van der Waals surface area contributed by atoms with Crippen molar-refractivity contribution in [2.24, 2.45) is 0 Å². The maximum Gasteiger partial charge on any atom is 0.280 e. The molecule has 0 aromatic carbocycles. The van der Waals surface area contributed by atoms with Gasteiger partial charge in [-0.3, -0.25) is 14.3 Å². The van der Waals surface area contributed by atoms with Crippen molar-refractivity contribution >= 4 is 17.1 Å². The number of H-pyrrole nitrogens is 1. The molecule has 0 saturated carbocycles. The number of aromatic amines is 1. The van der Waals surface area contributed by atoms with E-state index in [1.54, 1.807) is 6.92 Å². The van der Waals surface area contributed by atoms with Crippen LogP contribution < -0.4 is 11.3 Å². The van der Waals surface area contributed by atoms with Crippen LogP contribution in [0.25, 0.3) is 11.2 Å². The van der Waals surface area contributed by atoms with Gasteiger partial charge in [0.2, 0.25) is 5.95 Å². The van der Waals surface area contributed by atoms with Crippen molar-refractivity contribution in [2.45, 2.75) is 31.5 Å². The van der Waals surface area contributed by atoms with E-state index in [4.69, 9.17) is 15.2 Å². The average Bonchev–Trinajstić information content (AvgIpc) is 3.06. The Bertz CT molecular complexity index is 835. The Labute approximate surface area is 129 Å². The van der Waals surface area contributed by atoms with Crippen molar-refractivity contribution in [3.8, 4) is 12.0 Å². The normalized spacial score (nSPS) is 26.9. The summed E-state index contributed by atoms with van der Waals surface area (Å²) in [5, 5.41) is 19.5. The molecule has 2 aromatic rings. The second-order valence-electron chi connectivity index (χ2n) is 4.95. The van der Waals surface area contributed by atoms with Gasteiger partial charge in [0.15, 0.2) is 23.5 Å². The zero-order chi connectivity index (χ0) is 16.6. The quantitative estimate of drug-likeness (QED) is 0.490. The second kappa shape index (κ2) is 5.88. The molecule has 10 heteroatoms. The van der Waals surface area contributed by atoms with Crippen LogP contribution in [-0.2, 0) is 9.47 Å². The fraction of sp³-hybridized carbons (Fsp3) is 0.462. The number of imidazole rings is 1. The third kappa shape index (κ3) is 2.50. The highest BCUT2D eigenvalue weighted by Gasteiger charge is 2.46. The maximum absolute atomic E-state index is 11.8. The summed E-state index contributed by atoms with van der Waals surface area (Å²) >= 11 is 0. The molecule has 122 valence electrons. The lowest BCUT2D eigenvalue weighted by Gasteiger charge is -2.19. The number of hydrogen-bond donors (Lipinski definition) is 4. The zero-order valence-electron chi connectivity index (χ0n) is 12.1. The van der Waals surface area contributed by atoms with E-state index >= 15 is 0 Å². The van der Waals surface area contributed by atoms with Crippen molar-refractivity contribution in [1.29, 1.82) is 0 Å². The summed E-state index contributed by atoms with van der Waals surface area (Å²) in [7, 11) is 0. The summed E-state index contributed by atoms with van der Waals surface area (Å²) in [6, 6.07) is 0. The third-order valence-corrected chi connectivity index (χ3v) is 3.51. The SMILES string of the molecule is CC#CO[C@@H]1[C@H](O)[C@@H](CO)O[C@H]1n1cnc2c(=O)[nH]c(N)nc21. The van der Waals surface area contributed by atoms with Crippen molar-refractivity contribution < 1.29 is 19.7 Å². The molecule has 0 unspecified atom stereocenters. The number of aromatic nitrogens is 4. The lowest BCUT2D eigenvalue weighted by Crippen LogP contribution is -2.34. The Morgan fingerprint density at radius 1 is 1.61 bits per heavy atom. The molecule has 0 aliphatic carbocycles. The number of rotatable bonds is 3. The molecular formula is C13H15N5O5. The minimum absolute atomic E-state index is 0.0741. The monoisotopic (exact) mass is 321 g/mol. The van der Waals surface area contributed by atoms with Gasteiger partial charge in [-0.2, -0.15) is 4.98 Å². The molecule has 0 amide bonds. The van der Waals surface area contributed by atoms with E-state index in [0.717, 1.165) is 0 Å². The van der Waals surface area contributed by atoms with E-state index in [2.05, 4.69) is 27.0 Å². The fourth-order valence-electron chi connectivity index (χ4n) is 2.48. The average molecular weight is 321 g/mol. The molecule has 5 N–H and O–H groups in total. The van der Waals surface area contributed by atoms with E-state index < -0.39 is 36.7 Å². The Morgan fingerprint density at radius 2 is 2.39 bits per heavy atom. The van der Waals surface area contributed by atoms with Gasteiger partial charge in [-0.25, -0.2) is 4.98 Å². The van der Waals surface area contributed by atoms with Gasteiger partial charge in [0, 0.05) is 6.92 Å². The smallest absolute Gasteiger partial charge is 0.280 e. The Balaban J connectivity index is 2.08. The van der Waals surface area contributed by atoms with Crippen LogP contribution in [0.1, 0.15) is 13.2 Å². The zero-order valence-corrected chi connectivity index (χ0v) is 12.1. The van der Waals surface area contributed by atoms with Gasteiger partial charge in [0.25, 0.3) is 5.56 Å². The predicted molar refractivity (Wildman–Crippen MR) is 77.9 cm³/mol. The number of nitrogen functional groups attached to an aromatic ring is 1. The largest absolute Gasteiger partial charge is 0.436 e. The molecule has 1 fully saturated rings. The van der Waals surface area contributed by atoms with Crippen LogP contribution in [0, 0.1) is 12.0 Å². The number of nitrogens with zero attached hydrogens (tertiary/aromatic N) is 3. The van der Waals surface area contributed by atoms with Crippen molar-refractivity contribution in [3.05, 3.63) is 16.7 Å². The Hall–Kier alpha value is -2.61. The first-order chi connectivity index (χ1) is 11.1. The predicted octanol–water partition coefficient (Wildman–Crippen LogP) is -1.68. The number of aliphatic hydroxyl groups is 2. The van der Waals surface area contributed by atoms with Gasteiger partial charge in [-0.1, -0.05) is 5.92 Å². The van der Waals surface area contributed by atoms with E-state index in [0.29, 0.717) is 0 Å². The summed E-state index contributed by atoms with van der Waals surface area (Å²) in [5.74, 6) is 2.48. The number of fused-ring (bicyclic) bond motifs is 1. The van der Waals surface area contributed by atoms with E-state index in [-0.39, 0.29) is 17.1 Å². The van der Waals surface area contributed by atoms with Crippen LogP contribution in [0.5, 0.6) is 0 Å². The molecule has 0 bridgehead atoms. The van der Waals surface area contributed by atoms with Gasteiger partial charge in [-0.05, 0) is 0 Å². The molecule has 0 spiro atoms. The number of hydrogen-bond acceptors (Lipinski definition) is 8. The van der Waals surface area contributed by atoms with E-state index in [9.17, 15) is 15.0 Å². The van der Waals surface area contributed by atoms with Crippen LogP contribution in [0.3, 0.4) is 0 Å². The van der Waals surface area contributed by atoms with Gasteiger partial charge in [-0.15, -0.1) is 0 Å². The molecule has 23 heavy (non-hydrogen) atoms. The first-order valence-corrected chi connectivity index (χ1v) is 6.81. The summed E-state index contributed by atoms with van der Waals surface area (Å²) in [6.07, 6.45) is 0.00989. The second-order valence-corrected chi connectivity index (χ2v) is 4.95. The number of ether oxygens (including phenoxy) is 2. The Kier molecular flexibility index (Phi) is 3.91. The van der Waals surface area contributed by atoms with Crippen LogP contribution in [0.4, 0.5) is 5.95 Å². The topological polar surface area (TPSA) is 149 Å². The van der Waals surface area contributed by atoms with Crippen LogP contribution >= 0.6 is 0 Å². The van der Waals surface area contributed by atoms with Crippen molar-refractivity contribution in [1.82, 2.24) is 19.5 Å². The molecule has 0 radical (unpaired) electrons. The number of nitrogens with two attached hydrogens (primary N) is 1. The third-order valence-electron chi connectivity index (χ3n) is 3.51. The van der Waals surface area contributed by atoms with Gasteiger partial charge < -0.3 is 25.4 Å². The van der Waals surface area contributed by atoms with Crippen LogP contribution in [0.2, 0.25) is 0 Å². The molecule has 1 saturated heterocycles. The summed E-state index contributed by atoms with van der Waals surface area (Å²) in [5.41, 5.74) is 5.32. The summed E-state index contributed by atoms with van der Waals surface area (Å²) in [6.45, 7) is 1.18. The molecular weight excluding hydrogens is 306 g/mol. The van der Waals surface area contributed by atoms with E-state index in [1.165, 1.54) is 10.9 Å².